The fourth-order valence-electron chi connectivity index (χ4n) is 2.65. The van der Waals surface area contributed by atoms with Crippen molar-refractivity contribution in [3.8, 4) is 0 Å². The molecule has 1 aromatic rings. The monoisotopic (exact) mass is 319 g/mol. The van der Waals surface area contributed by atoms with Gasteiger partial charge in [0.2, 0.25) is 10.0 Å². The van der Waals surface area contributed by atoms with Crippen LogP contribution >= 0.6 is 0 Å². The van der Waals surface area contributed by atoms with Gasteiger partial charge in [0.25, 0.3) is 0 Å². The van der Waals surface area contributed by atoms with Crippen molar-refractivity contribution in [1.29, 1.82) is 0 Å². The molecule has 5 nitrogen and oxygen atoms in total. The molecule has 2 aliphatic rings. The van der Waals surface area contributed by atoms with Crippen molar-refractivity contribution in [2.24, 2.45) is 0 Å². The Morgan fingerprint density at radius 3 is 2.59 bits per heavy atom. The van der Waals surface area contributed by atoms with Crippen LogP contribution in [0.5, 0.6) is 0 Å². The summed E-state index contributed by atoms with van der Waals surface area (Å²) in [5, 5.41) is 0. The second-order valence-electron chi connectivity index (χ2n) is 5.45. The van der Waals surface area contributed by atoms with E-state index in [1.807, 2.05) is 19.1 Å². The van der Waals surface area contributed by atoms with E-state index in [-0.39, 0.29) is 23.0 Å². The number of carbonyl (C=O) groups excluding carboxylic acids is 1. The molecule has 2 heterocycles. The lowest BCUT2D eigenvalue weighted by Gasteiger charge is -2.25. The molecule has 3 rings (SSSR count). The zero-order valence-electron chi connectivity index (χ0n) is 12.2. The molecule has 0 aliphatic carbocycles. The van der Waals surface area contributed by atoms with Gasteiger partial charge in [0.1, 0.15) is 6.10 Å². The second kappa shape index (κ2) is 5.70. The molecule has 0 saturated heterocycles. The lowest BCUT2D eigenvalue weighted by molar-refractivity contribution is -0.138. The Morgan fingerprint density at radius 1 is 1.23 bits per heavy atom. The molecular weight excluding hydrogens is 302 g/mol. The van der Waals surface area contributed by atoms with Crippen LogP contribution in [0.3, 0.4) is 0 Å². The lowest BCUT2D eigenvalue weighted by Crippen LogP contribution is -2.38. The summed E-state index contributed by atoms with van der Waals surface area (Å²) in [5.74, 6) is -0.375. The van der Waals surface area contributed by atoms with Gasteiger partial charge in [0.15, 0.2) is 0 Å². The molecule has 0 N–H and O–H groups in total. The quantitative estimate of drug-likeness (QED) is 0.627. The van der Waals surface area contributed by atoms with Crippen LogP contribution < -0.4 is 0 Å². The number of nitrogens with zero attached hydrogens (tertiary/aromatic N) is 1. The zero-order valence-corrected chi connectivity index (χ0v) is 13.0. The third-order valence-corrected chi connectivity index (χ3v) is 5.73. The van der Waals surface area contributed by atoms with E-state index in [0.717, 1.165) is 5.56 Å². The highest BCUT2D eigenvalue weighted by Crippen LogP contribution is 2.26. The Bertz CT molecular complexity index is 734. The maximum Gasteiger partial charge on any atom is 0.331 e. The molecule has 2 atom stereocenters. The summed E-state index contributed by atoms with van der Waals surface area (Å²) in [6, 6.07) is 6.51. The molecule has 22 heavy (non-hydrogen) atoms. The molecular formula is C16H17NO4S. The number of hydrogen-bond donors (Lipinski definition) is 0. The number of sulfonamides is 1. The van der Waals surface area contributed by atoms with Gasteiger partial charge in [-0.15, -0.1) is 0 Å². The predicted molar refractivity (Wildman–Crippen MR) is 81.6 cm³/mol. The summed E-state index contributed by atoms with van der Waals surface area (Å²) in [6.45, 7) is 2.25. The third kappa shape index (κ3) is 2.84. The minimum Gasteiger partial charge on any atom is -0.455 e. The first-order valence-corrected chi connectivity index (χ1v) is 8.55. The average Bonchev–Trinajstić information content (AvgIpc) is 3.09. The van der Waals surface area contributed by atoms with Crippen LogP contribution in [0.25, 0.3) is 0 Å². The van der Waals surface area contributed by atoms with E-state index in [4.69, 9.17) is 4.74 Å². The van der Waals surface area contributed by atoms with E-state index in [0.29, 0.717) is 13.0 Å². The molecule has 0 amide bonds. The van der Waals surface area contributed by atoms with Gasteiger partial charge in [-0.2, -0.15) is 4.31 Å². The summed E-state index contributed by atoms with van der Waals surface area (Å²) < 4.78 is 32.1. The molecule has 0 fully saturated rings. The molecule has 2 aliphatic heterocycles. The summed E-state index contributed by atoms with van der Waals surface area (Å²) in [6.07, 6.45) is 6.80. The smallest absolute Gasteiger partial charge is 0.331 e. The first-order chi connectivity index (χ1) is 10.5. The predicted octanol–water partition coefficient (Wildman–Crippen LogP) is 1.80. The highest BCUT2D eigenvalue weighted by molar-refractivity contribution is 7.89. The van der Waals surface area contributed by atoms with E-state index in [2.05, 4.69) is 0 Å². The number of hydrogen-bond acceptors (Lipinski definition) is 4. The van der Waals surface area contributed by atoms with Crippen molar-refractivity contribution >= 4 is 16.0 Å². The maximum atomic E-state index is 12.8. The number of ether oxygens (including phenoxy) is 1. The van der Waals surface area contributed by atoms with Crippen molar-refractivity contribution < 1.29 is 17.9 Å². The first kappa shape index (κ1) is 15.0. The Kier molecular flexibility index (Phi) is 3.88. The highest BCUT2D eigenvalue weighted by atomic mass is 32.2. The number of carbonyl (C=O) groups is 1. The number of benzene rings is 1. The van der Waals surface area contributed by atoms with Crippen LogP contribution in [0.4, 0.5) is 0 Å². The molecule has 0 radical (unpaired) electrons. The topological polar surface area (TPSA) is 63.7 Å². The number of esters is 1. The molecule has 116 valence electrons. The van der Waals surface area contributed by atoms with Crippen LogP contribution in [-0.4, -0.2) is 37.4 Å². The van der Waals surface area contributed by atoms with Crippen LogP contribution in [0.2, 0.25) is 0 Å². The Hall–Kier alpha value is -1.92. The largest absolute Gasteiger partial charge is 0.455 e. The molecule has 1 aromatic carbocycles. The average molecular weight is 319 g/mol. The Balaban J connectivity index is 1.79. The van der Waals surface area contributed by atoms with Gasteiger partial charge in [0, 0.05) is 25.1 Å². The van der Waals surface area contributed by atoms with Gasteiger partial charge >= 0.3 is 5.97 Å². The van der Waals surface area contributed by atoms with E-state index in [1.54, 1.807) is 30.3 Å². The minimum atomic E-state index is -3.55. The van der Waals surface area contributed by atoms with Gasteiger partial charge in [-0.1, -0.05) is 29.8 Å². The molecule has 6 heteroatoms. The molecule has 0 bridgehead atoms. The van der Waals surface area contributed by atoms with E-state index in [9.17, 15) is 13.2 Å². The van der Waals surface area contributed by atoms with Gasteiger partial charge in [-0.25, -0.2) is 13.2 Å². The van der Waals surface area contributed by atoms with Crippen molar-refractivity contribution in [2.45, 2.75) is 30.4 Å². The SMILES string of the molecule is Cc1ccc(S(=O)(=O)N2CC=C[C@H]2C[C@H]2C=CC(=O)O2)cc1. The van der Waals surface area contributed by atoms with E-state index in [1.165, 1.54) is 10.4 Å². The fourth-order valence-corrected chi connectivity index (χ4v) is 4.20. The van der Waals surface area contributed by atoms with Crippen molar-refractivity contribution in [2.75, 3.05) is 6.54 Å². The van der Waals surface area contributed by atoms with E-state index < -0.39 is 10.0 Å². The van der Waals surface area contributed by atoms with Crippen LogP contribution in [0, 0.1) is 6.92 Å². The molecule has 0 spiro atoms. The van der Waals surface area contributed by atoms with Crippen molar-refractivity contribution in [3.05, 3.63) is 54.1 Å². The number of rotatable bonds is 4. The van der Waals surface area contributed by atoms with Gasteiger partial charge in [-0.3, -0.25) is 0 Å². The van der Waals surface area contributed by atoms with E-state index >= 15 is 0 Å². The Morgan fingerprint density at radius 2 is 1.95 bits per heavy atom. The third-order valence-electron chi connectivity index (χ3n) is 3.83. The number of aryl methyl sites for hydroxylation is 1. The molecule has 0 unspecified atom stereocenters. The van der Waals surface area contributed by atoms with Crippen molar-refractivity contribution in [1.82, 2.24) is 4.31 Å². The fraction of sp³-hybridized carbons (Fsp3) is 0.312. The normalized spacial score (nSPS) is 24.9. The van der Waals surface area contributed by atoms with Crippen molar-refractivity contribution in [3.63, 3.8) is 0 Å². The highest BCUT2D eigenvalue weighted by Gasteiger charge is 2.34. The first-order valence-electron chi connectivity index (χ1n) is 7.11. The Labute approximate surface area is 129 Å². The van der Waals surface area contributed by atoms with Crippen LogP contribution in [0.1, 0.15) is 12.0 Å². The van der Waals surface area contributed by atoms with Crippen LogP contribution in [0.15, 0.2) is 53.5 Å². The minimum absolute atomic E-state index is 0.283. The zero-order chi connectivity index (χ0) is 15.7. The summed E-state index contributed by atoms with van der Waals surface area (Å²) in [7, 11) is -3.55. The molecule has 0 saturated carbocycles. The van der Waals surface area contributed by atoms with Crippen LogP contribution in [-0.2, 0) is 19.6 Å². The maximum absolute atomic E-state index is 12.8. The molecule has 0 aromatic heterocycles. The summed E-state index contributed by atoms with van der Waals surface area (Å²) in [5.41, 5.74) is 1.01. The standard InChI is InChI=1S/C16H17NO4S/c1-12-4-7-15(8-5-12)22(19,20)17-10-2-3-13(17)11-14-6-9-16(18)21-14/h2-9,13-14H,10-11H2,1H3/t13-,14+/m0/s1. The second-order valence-corrected chi connectivity index (χ2v) is 7.34. The summed E-state index contributed by atoms with van der Waals surface area (Å²) >= 11 is 0. The number of cyclic esters (lactones) is 1. The lowest BCUT2D eigenvalue weighted by atomic mass is 10.1. The van der Waals surface area contributed by atoms with Gasteiger partial charge in [-0.05, 0) is 25.1 Å². The van der Waals surface area contributed by atoms with Gasteiger partial charge in [0.05, 0.1) is 4.90 Å². The summed E-state index contributed by atoms with van der Waals surface area (Å²) in [4.78, 5) is 11.4. The van der Waals surface area contributed by atoms with Gasteiger partial charge < -0.3 is 4.74 Å².